The number of carbonyl (C=O) groups is 2. The number of amides is 1. The maximum absolute atomic E-state index is 12.1. The van der Waals surface area contributed by atoms with Crippen LogP contribution in [0.15, 0.2) is 30.9 Å². The first-order valence-electron chi connectivity index (χ1n) is 8.17. The van der Waals surface area contributed by atoms with Gasteiger partial charge in [-0.05, 0) is 17.7 Å². The van der Waals surface area contributed by atoms with E-state index in [1.165, 1.54) is 6.33 Å². The van der Waals surface area contributed by atoms with Gasteiger partial charge in [-0.15, -0.1) is 0 Å². The number of carboxylic acid groups (broad SMARTS) is 1. The molecule has 0 spiro atoms. The third kappa shape index (κ3) is 3.01. The molecule has 1 amide bonds. The zero-order valence-corrected chi connectivity index (χ0v) is 14.3. The summed E-state index contributed by atoms with van der Waals surface area (Å²) >= 11 is 0. The average molecular weight is 368 g/mol. The Bertz CT molecular complexity index is 1010. The summed E-state index contributed by atoms with van der Waals surface area (Å²) in [5.74, 6) is -0.854. The second-order valence-electron chi connectivity index (χ2n) is 6.14. The van der Waals surface area contributed by atoms with Gasteiger partial charge in [0.1, 0.15) is 24.1 Å². The Morgan fingerprint density at radius 1 is 1.44 bits per heavy atom. The van der Waals surface area contributed by atoms with Gasteiger partial charge >= 0.3 is 5.97 Å². The van der Waals surface area contributed by atoms with E-state index in [2.05, 4.69) is 25.6 Å². The molecule has 1 aromatic carbocycles. The second kappa shape index (κ2) is 6.56. The fourth-order valence-corrected chi connectivity index (χ4v) is 3.33. The summed E-state index contributed by atoms with van der Waals surface area (Å²) in [4.78, 5) is 27.6. The Morgan fingerprint density at radius 3 is 3.00 bits per heavy atom. The number of nitrogens with zero attached hydrogens (tertiary/aromatic N) is 4. The molecule has 1 aliphatic rings. The van der Waals surface area contributed by atoms with Crippen LogP contribution in [0.3, 0.4) is 0 Å². The molecular formula is C17H16N6O4. The Kier molecular flexibility index (Phi) is 4.07. The number of rotatable bonds is 5. The van der Waals surface area contributed by atoms with E-state index < -0.39 is 11.9 Å². The summed E-state index contributed by atoms with van der Waals surface area (Å²) < 4.78 is 7.07. The van der Waals surface area contributed by atoms with Gasteiger partial charge < -0.3 is 15.2 Å². The van der Waals surface area contributed by atoms with Gasteiger partial charge in [-0.25, -0.2) is 14.5 Å². The van der Waals surface area contributed by atoms with Gasteiger partial charge in [-0.1, -0.05) is 6.07 Å². The summed E-state index contributed by atoms with van der Waals surface area (Å²) in [5, 5.41) is 22.6. The molecule has 0 saturated heterocycles. The number of H-pyrrole nitrogens is 1. The number of methoxy groups -OCH3 is 1. The predicted octanol–water partition coefficient (Wildman–Crippen LogP) is 1.23. The summed E-state index contributed by atoms with van der Waals surface area (Å²) in [7, 11) is 1.57. The molecule has 0 bridgehead atoms. The standard InChI is InChI=1S/C17H16N6O4/c1-27-12-3-2-9(4-10(12)6-23-8-18-7-19-23)11-5-13(24)20-16-14(11)15(17(25)26)21-22-16/h2-4,7-8,11H,5-6H2,1H3,(H,25,26)(H2,20,21,22,24)/t11-/m0/s1. The molecule has 0 unspecified atom stereocenters. The lowest BCUT2D eigenvalue weighted by atomic mass is 9.85. The molecule has 10 heteroatoms. The fourth-order valence-electron chi connectivity index (χ4n) is 3.33. The molecule has 2 aromatic heterocycles. The number of hydrogen-bond acceptors (Lipinski definition) is 6. The highest BCUT2D eigenvalue weighted by atomic mass is 16.5. The number of aromatic carboxylic acids is 1. The van der Waals surface area contributed by atoms with Crippen molar-refractivity contribution in [3.05, 3.63) is 53.2 Å². The molecule has 0 aliphatic carbocycles. The lowest BCUT2D eigenvalue weighted by molar-refractivity contribution is -0.116. The van der Waals surface area contributed by atoms with Crippen LogP contribution in [-0.4, -0.2) is 49.1 Å². The molecule has 1 aliphatic heterocycles. The number of anilines is 1. The highest BCUT2D eigenvalue weighted by Crippen LogP contribution is 2.39. The topological polar surface area (TPSA) is 135 Å². The van der Waals surface area contributed by atoms with Crippen molar-refractivity contribution in [1.82, 2.24) is 25.0 Å². The first-order valence-corrected chi connectivity index (χ1v) is 8.17. The van der Waals surface area contributed by atoms with E-state index >= 15 is 0 Å². The number of ether oxygens (including phenoxy) is 1. The van der Waals surface area contributed by atoms with Crippen molar-refractivity contribution in [2.24, 2.45) is 0 Å². The van der Waals surface area contributed by atoms with Crippen LogP contribution in [0.5, 0.6) is 5.75 Å². The van der Waals surface area contributed by atoms with E-state index in [4.69, 9.17) is 4.74 Å². The fraction of sp³-hybridized carbons (Fsp3) is 0.235. The van der Waals surface area contributed by atoms with Crippen LogP contribution in [0.4, 0.5) is 5.82 Å². The Morgan fingerprint density at radius 2 is 2.30 bits per heavy atom. The number of carbonyl (C=O) groups excluding carboxylic acids is 1. The third-order valence-electron chi connectivity index (χ3n) is 4.52. The number of aromatic nitrogens is 5. The van der Waals surface area contributed by atoms with Gasteiger partial charge in [-0.2, -0.15) is 10.2 Å². The summed E-state index contributed by atoms with van der Waals surface area (Å²) in [6, 6.07) is 5.52. The van der Waals surface area contributed by atoms with E-state index in [9.17, 15) is 14.7 Å². The molecule has 3 heterocycles. The number of nitrogens with one attached hydrogen (secondary N) is 2. The van der Waals surface area contributed by atoms with Crippen LogP contribution in [-0.2, 0) is 11.3 Å². The first-order chi connectivity index (χ1) is 13.1. The maximum Gasteiger partial charge on any atom is 0.354 e. The maximum atomic E-state index is 12.1. The van der Waals surface area contributed by atoms with E-state index in [0.29, 0.717) is 17.9 Å². The molecule has 1 atom stereocenters. The minimum absolute atomic E-state index is 0.0244. The highest BCUT2D eigenvalue weighted by Gasteiger charge is 2.34. The van der Waals surface area contributed by atoms with E-state index in [1.807, 2.05) is 12.1 Å². The lowest BCUT2D eigenvalue weighted by Gasteiger charge is -2.23. The predicted molar refractivity (Wildman–Crippen MR) is 92.8 cm³/mol. The van der Waals surface area contributed by atoms with E-state index in [0.717, 1.165) is 11.1 Å². The van der Waals surface area contributed by atoms with Gasteiger partial charge in [0.05, 0.1) is 13.7 Å². The number of hydrogen-bond donors (Lipinski definition) is 3. The third-order valence-corrected chi connectivity index (χ3v) is 4.52. The van der Waals surface area contributed by atoms with Crippen LogP contribution in [0.1, 0.15) is 39.5 Å². The zero-order chi connectivity index (χ0) is 19.0. The molecule has 3 N–H and O–H groups in total. The molecule has 3 aromatic rings. The number of aromatic amines is 1. The van der Waals surface area contributed by atoms with Crippen molar-refractivity contribution >= 4 is 17.7 Å². The number of carboxylic acids is 1. The van der Waals surface area contributed by atoms with Crippen molar-refractivity contribution in [2.45, 2.75) is 18.9 Å². The van der Waals surface area contributed by atoms with Crippen molar-refractivity contribution in [3.63, 3.8) is 0 Å². The molecule has 0 fully saturated rings. The number of benzene rings is 1. The molecule has 4 rings (SSSR count). The molecular weight excluding hydrogens is 352 g/mol. The average Bonchev–Trinajstić information content (AvgIpc) is 3.30. The minimum atomic E-state index is -1.12. The number of fused-ring (bicyclic) bond motifs is 1. The van der Waals surface area contributed by atoms with E-state index in [-0.39, 0.29) is 23.8 Å². The highest BCUT2D eigenvalue weighted by molar-refractivity contribution is 5.98. The van der Waals surface area contributed by atoms with Gasteiger partial charge in [0.25, 0.3) is 0 Å². The van der Waals surface area contributed by atoms with Crippen LogP contribution >= 0.6 is 0 Å². The molecule has 27 heavy (non-hydrogen) atoms. The quantitative estimate of drug-likeness (QED) is 0.616. The van der Waals surface area contributed by atoms with E-state index in [1.54, 1.807) is 24.2 Å². The smallest absolute Gasteiger partial charge is 0.354 e. The van der Waals surface area contributed by atoms with Gasteiger partial charge in [0.15, 0.2) is 5.82 Å². The SMILES string of the molecule is COc1ccc([C@@H]2CC(=O)Nc3n[nH]c(C(=O)O)c32)cc1Cn1cncn1. The van der Waals surface area contributed by atoms with Crippen molar-refractivity contribution in [2.75, 3.05) is 12.4 Å². The van der Waals surface area contributed by atoms with Gasteiger partial charge in [-0.3, -0.25) is 9.89 Å². The Hall–Kier alpha value is -3.69. The van der Waals surface area contributed by atoms with Crippen LogP contribution in [0.2, 0.25) is 0 Å². The van der Waals surface area contributed by atoms with Crippen molar-refractivity contribution in [1.29, 1.82) is 0 Å². The van der Waals surface area contributed by atoms with Crippen LogP contribution < -0.4 is 10.1 Å². The van der Waals surface area contributed by atoms with Gasteiger partial charge in [0, 0.05) is 23.5 Å². The molecule has 0 radical (unpaired) electrons. The molecule has 10 nitrogen and oxygen atoms in total. The zero-order valence-electron chi connectivity index (χ0n) is 14.3. The van der Waals surface area contributed by atoms with Crippen molar-refractivity contribution in [3.8, 4) is 5.75 Å². The van der Waals surface area contributed by atoms with Gasteiger partial charge in [0.2, 0.25) is 5.91 Å². The summed E-state index contributed by atoms with van der Waals surface area (Å²) in [5.41, 5.74) is 2.09. The Balaban J connectivity index is 1.79. The minimum Gasteiger partial charge on any atom is -0.496 e. The van der Waals surface area contributed by atoms with Crippen LogP contribution in [0, 0.1) is 0 Å². The lowest BCUT2D eigenvalue weighted by Crippen LogP contribution is -2.24. The van der Waals surface area contributed by atoms with Crippen molar-refractivity contribution < 1.29 is 19.4 Å². The first kappa shape index (κ1) is 16.8. The summed E-state index contributed by atoms with van der Waals surface area (Å²) in [6.45, 7) is 0.431. The summed E-state index contributed by atoms with van der Waals surface area (Å²) in [6.07, 6.45) is 3.16. The largest absolute Gasteiger partial charge is 0.496 e. The Labute approximate surface area is 153 Å². The molecule has 138 valence electrons. The molecule has 0 saturated carbocycles. The second-order valence-corrected chi connectivity index (χ2v) is 6.14. The van der Waals surface area contributed by atoms with Crippen LogP contribution in [0.25, 0.3) is 0 Å². The monoisotopic (exact) mass is 368 g/mol. The normalized spacial score (nSPS) is 15.9.